The van der Waals surface area contributed by atoms with E-state index in [-0.39, 0.29) is 0 Å². The summed E-state index contributed by atoms with van der Waals surface area (Å²) in [7, 11) is 0. The zero-order valence-corrected chi connectivity index (χ0v) is 9.65. The van der Waals surface area contributed by atoms with Crippen LogP contribution in [0.5, 0.6) is 5.75 Å². The van der Waals surface area contributed by atoms with Crippen molar-refractivity contribution in [1.29, 1.82) is 0 Å². The first kappa shape index (κ1) is 11.3. The first-order valence-electron chi connectivity index (χ1n) is 5.51. The van der Waals surface area contributed by atoms with E-state index >= 15 is 0 Å². The fourth-order valence-electron chi connectivity index (χ4n) is 1.31. The highest BCUT2D eigenvalue weighted by molar-refractivity contribution is 5.83. The fourth-order valence-corrected chi connectivity index (χ4v) is 1.31. The van der Waals surface area contributed by atoms with E-state index in [1.807, 2.05) is 24.3 Å². The molecule has 2 aromatic rings. The second-order valence-corrected chi connectivity index (χ2v) is 3.47. The Morgan fingerprint density at radius 2 is 2.06 bits per heavy atom. The summed E-state index contributed by atoms with van der Waals surface area (Å²) in [5.74, 6) is 0.839. The predicted molar refractivity (Wildman–Crippen MR) is 65.2 cm³/mol. The maximum absolute atomic E-state index is 5.62. The molecule has 0 N–H and O–H groups in total. The topological polar surface area (TPSA) is 52.3 Å². The van der Waals surface area contributed by atoms with Crippen molar-refractivity contribution in [3.05, 3.63) is 42.5 Å². The van der Waals surface area contributed by atoms with Gasteiger partial charge in [0.15, 0.2) is 0 Å². The van der Waals surface area contributed by atoms with Gasteiger partial charge in [0, 0.05) is 5.56 Å². The van der Waals surface area contributed by atoms with Gasteiger partial charge in [-0.1, -0.05) is 19.1 Å². The molecule has 1 aromatic heterocycles. The van der Waals surface area contributed by atoms with Gasteiger partial charge < -0.3 is 4.74 Å². The van der Waals surface area contributed by atoms with Crippen LogP contribution in [0.2, 0.25) is 0 Å². The highest BCUT2D eigenvalue weighted by Crippen LogP contribution is 2.15. The standard InChI is InChI=1S/C12H14N4O/c1-2-7-17-12-6-4-3-5-11(12)8-15-16-9-13-14-10-16/h3-6,8-10H,2,7H2,1H3/b15-8+. The lowest BCUT2D eigenvalue weighted by molar-refractivity contribution is 0.317. The van der Waals surface area contributed by atoms with Gasteiger partial charge in [0.1, 0.15) is 18.4 Å². The summed E-state index contributed by atoms with van der Waals surface area (Å²) < 4.78 is 7.16. The molecule has 0 unspecified atom stereocenters. The van der Waals surface area contributed by atoms with Crippen molar-refractivity contribution in [3.63, 3.8) is 0 Å². The molecular formula is C12H14N4O. The van der Waals surface area contributed by atoms with Gasteiger partial charge in [-0.15, -0.1) is 10.2 Å². The van der Waals surface area contributed by atoms with Crippen LogP contribution in [0.25, 0.3) is 0 Å². The molecule has 0 atom stereocenters. The minimum absolute atomic E-state index is 0.706. The number of aromatic nitrogens is 3. The first-order chi connectivity index (χ1) is 8.40. The van der Waals surface area contributed by atoms with E-state index in [1.165, 1.54) is 17.3 Å². The van der Waals surface area contributed by atoms with Crippen LogP contribution in [0.3, 0.4) is 0 Å². The lowest BCUT2D eigenvalue weighted by Crippen LogP contribution is -1.98. The Balaban J connectivity index is 2.14. The smallest absolute Gasteiger partial charge is 0.141 e. The van der Waals surface area contributed by atoms with E-state index in [2.05, 4.69) is 22.2 Å². The number of nitrogens with zero attached hydrogens (tertiary/aromatic N) is 4. The first-order valence-corrected chi connectivity index (χ1v) is 5.51. The van der Waals surface area contributed by atoms with Gasteiger partial charge in [-0.2, -0.15) is 5.10 Å². The van der Waals surface area contributed by atoms with Crippen LogP contribution in [0.1, 0.15) is 18.9 Å². The third kappa shape index (κ3) is 3.14. The van der Waals surface area contributed by atoms with Crippen molar-refractivity contribution in [2.75, 3.05) is 6.61 Å². The molecule has 0 aliphatic rings. The molecule has 0 saturated heterocycles. The number of para-hydroxylation sites is 1. The molecule has 1 aromatic carbocycles. The van der Waals surface area contributed by atoms with Crippen LogP contribution in [0.4, 0.5) is 0 Å². The molecule has 0 amide bonds. The van der Waals surface area contributed by atoms with Gasteiger partial charge >= 0.3 is 0 Å². The van der Waals surface area contributed by atoms with Gasteiger partial charge in [0.2, 0.25) is 0 Å². The minimum Gasteiger partial charge on any atom is -0.493 e. The van der Waals surface area contributed by atoms with Gasteiger partial charge in [0.25, 0.3) is 0 Å². The molecule has 5 heteroatoms. The molecule has 0 aliphatic carbocycles. The summed E-state index contributed by atoms with van der Waals surface area (Å²) in [5.41, 5.74) is 0.939. The average molecular weight is 230 g/mol. The van der Waals surface area contributed by atoms with E-state index in [9.17, 15) is 0 Å². The van der Waals surface area contributed by atoms with Crippen molar-refractivity contribution in [1.82, 2.24) is 14.9 Å². The largest absolute Gasteiger partial charge is 0.493 e. The molecule has 1 heterocycles. The zero-order chi connectivity index (χ0) is 11.9. The third-order valence-electron chi connectivity index (χ3n) is 2.12. The van der Waals surface area contributed by atoms with Crippen LogP contribution < -0.4 is 4.74 Å². The molecule has 17 heavy (non-hydrogen) atoms. The molecule has 0 saturated carbocycles. The van der Waals surface area contributed by atoms with Gasteiger partial charge in [0.05, 0.1) is 12.8 Å². The molecule has 88 valence electrons. The van der Waals surface area contributed by atoms with Crippen LogP contribution >= 0.6 is 0 Å². The minimum atomic E-state index is 0.706. The number of hydrogen-bond acceptors (Lipinski definition) is 4. The van der Waals surface area contributed by atoms with Crippen molar-refractivity contribution < 1.29 is 4.74 Å². The summed E-state index contributed by atoms with van der Waals surface area (Å²) in [6.45, 7) is 2.78. The van der Waals surface area contributed by atoms with E-state index in [0.29, 0.717) is 6.61 Å². The van der Waals surface area contributed by atoms with E-state index in [1.54, 1.807) is 6.21 Å². The second kappa shape index (κ2) is 5.79. The SMILES string of the molecule is CCCOc1ccccc1/C=N/n1cnnc1. The van der Waals surface area contributed by atoms with Gasteiger partial charge in [-0.05, 0) is 18.6 Å². The third-order valence-corrected chi connectivity index (χ3v) is 2.12. The van der Waals surface area contributed by atoms with Gasteiger partial charge in [-0.3, -0.25) is 0 Å². The highest BCUT2D eigenvalue weighted by atomic mass is 16.5. The Hall–Kier alpha value is -2.17. The Labute approximate surface area is 99.8 Å². The van der Waals surface area contributed by atoms with Crippen molar-refractivity contribution in [3.8, 4) is 5.75 Å². The van der Waals surface area contributed by atoms with Crippen molar-refractivity contribution in [2.45, 2.75) is 13.3 Å². The van der Waals surface area contributed by atoms with E-state index in [0.717, 1.165) is 17.7 Å². The van der Waals surface area contributed by atoms with Crippen molar-refractivity contribution >= 4 is 6.21 Å². The Morgan fingerprint density at radius 3 is 2.82 bits per heavy atom. The molecule has 2 rings (SSSR count). The lowest BCUT2D eigenvalue weighted by atomic mass is 10.2. The fraction of sp³-hybridized carbons (Fsp3) is 0.250. The molecule has 0 bridgehead atoms. The normalized spacial score (nSPS) is 10.9. The molecule has 0 aliphatic heterocycles. The second-order valence-electron chi connectivity index (χ2n) is 3.47. The van der Waals surface area contributed by atoms with Gasteiger partial charge in [-0.25, -0.2) is 4.68 Å². The Kier molecular flexibility index (Phi) is 3.85. The number of rotatable bonds is 5. The van der Waals surface area contributed by atoms with E-state index in [4.69, 9.17) is 4.74 Å². The zero-order valence-electron chi connectivity index (χ0n) is 9.65. The molecular weight excluding hydrogens is 216 g/mol. The van der Waals surface area contributed by atoms with Crippen LogP contribution in [0, 0.1) is 0 Å². The Bertz CT molecular complexity index is 479. The summed E-state index contributed by atoms with van der Waals surface area (Å²) in [6.07, 6.45) is 5.78. The van der Waals surface area contributed by atoms with E-state index < -0.39 is 0 Å². The van der Waals surface area contributed by atoms with Crippen LogP contribution in [-0.2, 0) is 0 Å². The number of ether oxygens (including phenoxy) is 1. The number of benzene rings is 1. The van der Waals surface area contributed by atoms with Crippen LogP contribution in [0.15, 0.2) is 42.0 Å². The predicted octanol–water partition coefficient (Wildman–Crippen LogP) is 1.95. The summed E-state index contributed by atoms with van der Waals surface area (Å²) >= 11 is 0. The monoisotopic (exact) mass is 230 g/mol. The molecule has 0 radical (unpaired) electrons. The van der Waals surface area contributed by atoms with Crippen molar-refractivity contribution in [2.24, 2.45) is 5.10 Å². The molecule has 5 nitrogen and oxygen atoms in total. The Morgan fingerprint density at radius 1 is 1.29 bits per heavy atom. The summed E-state index contributed by atoms with van der Waals surface area (Å²) in [5, 5.41) is 11.5. The average Bonchev–Trinajstić information content (AvgIpc) is 2.88. The quantitative estimate of drug-likeness (QED) is 0.738. The molecule has 0 fully saturated rings. The highest BCUT2D eigenvalue weighted by Gasteiger charge is 1.99. The number of hydrogen-bond donors (Lipinski definition) is 0. The summed E-state index contributed by atoms with van der Waals surface area (Å²) in [6, 6.07) is 7.79. The maximum atomic E-state index is 5.62. The molecule has 0 spiro atoms. The lowest BCUT2D eigenvalue weighted by Gasteiger charge is -2.06. The summed E-state index contributed by atoms with van der Waals surface area (Å²) in [4.78, 5) is 0. The maximum Gasteiger partial charge on any atom is 0.141 e. The van der Waals surface area contributed by atoms with Crippen LogP contribution in [-0.4, -0.2) is 27.7 Å².